The third-order valence-electron chi connectivity index (χ3n) is 6.03. The lowest BCUT2D eigenvalue weighted by molar-refractivity contribution is 0.101. The molecule has 8 nitrogen and oxygen atoms in total. The van der Waals surface area contributed by atoms with Crippen LogP contribution in [0.1, 0.15) is 30.3 Å². The van der Waals surface area contributed by atoms with Crippen LogP contribution in [0, 0.1) is 11.8 Å². The van der Waals surface area contributed by atoms with Crippen LogP contribution < -0.4 is 4.74 Å². The van der Waals surface area contributed by atoms with Crippen LogP contribution in [0.2, 0.25) is 0 Å². The number of ether oxygens (including phenoxy) is 1. The highest BCUT2D eigenvalue weighted by Crippen LogP contribution is 2.40. The summed E-state index contributed by atoms with van der Waals surface area (Å²) < 4.78 is 9.44. The van der Waals surface area contributed by atoms with Gasteiger partial charge < -0.3 is 9.64 Å². The summed E-state index contributed by atoms with van der Waals surface area (Å²) in [7, 11) is 0. The lowest BCUT2D eigenvalue weighted by atomic mass is 10.0. The van der Waals surface area contributed by atoms with E-state index in [1.165, 1.54) is 11.6 Å². The number of nitrogens with zero attached hydrogens (tertiary/aromatic N) is 5. The molecule has 1 aliphatic carbocycles. The van der Waals surface area contributed by atoms with Crippen molar-refractivity contribution in [2.75, 3.05) is 13.1 Å². The van der Waals surface area contributed by atoms with Gasteiger partial charge in [0.15, 0.2) is 5.78 Å². The van der Waals surface area contributed by atoms with Crippen LogP contribution in [0.25, 0.3) is 5.69 Å². The Hall–Kier alpha value is -3.42. The number of likely N-dealkylation sites (tertiary alicyclic amines) is 1. The van der Waals surface area contributed by atoms with Gasteiger partial charge in [0.25, 0.3) is 0 Å². The van der Waals surface area contributed by atoms with Crippen molar-refractivity contribution in [1.29, 1.82) is 0 Å². The van der Waals surface area contributed by atoms with Crippen LogP contribution in [0.3, 0.4) is 0 Å². The molecule has 1 amide bonds. The number of fused-ring (bicyclic) bond motifs is 1. The molecule has 2 fully saturated rings. The molecule has 2 aromatic heterocycles. The maximum absolute atomic E-state index is 12.7. The summed E-state index contributed by atoms with van der Waals surface area (Å²) in [6.07, 6.45) is 7.18. The lowest BCUT2D eigenvalue weighted by Gasteiger charge is -2.20. The molecule has 5 rings (SSSR count). The molecule has 30 heavy (non-hydrogen) atoms. The molecule has 0 unspecified atom stereocenters. The molecule has 1 aliphatic heterocycles. The van der Waals surface area contributed by atoms with E-state index in [1.54, 1.807) is 18.5 Å². The molecule has 1 aromatic carbocycles. The van der Waals surface area contributed by atoms with E-state index in [2.05, 4.69) is 10.2 Å². The van der Waals surface area contributed by atoms with E-state index in [1.807, 2.05) is 46.1 Å². The Morgan fingerprint density at radius 2 is 1.80 bits per heavy atom. The molecule has 8 heteroatoms. The minimum absolute atomic E-state index is 0.128. The highest BCUT2D eigenvalue weighted by Gasteiger charge is 2.43. The second kappa shape index (κ2) is 7.44. The molecule has 154 valence electrons. The Morgan fingerprint density at radius 3 is 2.47 bits per heavy atom. The number of aromatic nitrogens is 4. The molecule has 0 N–H and O–H groups in total. The van der Waals surface area contributed by atoms with Crippen LogP contribution in [0.4, 0.5) is 4.79 Å². The van der Waals surface area contributed by atoms with Gasteiger partial charge in [-0.1, -0.05) is 12.1 Å². The Balaban J connectivity index is 1.23. The summed E-state index contributed by atoms with van der Waals surface area (Å²) in [5.74, 6) is 1.51. The van der Waals surface area contributed by atoms with Gasteiger partial charge in [-0.25, -0.2) is 9.48 Å². The quantitative estimate of drug-likeness (QED) is 0.623. The van der Waals surface area contributed by atoms with E-state index in [0.717, 1.165) is 24.3 Å². The molecule has 3 atom stereocenters. The van der Waals surface area contributed by atoms with E-state index < -0.39 is 0 Å². The summed E-state index contributed by atoms with van der Waals surface area (Å²) in [6, 6.07) is 11.2. The smallest absolute Gasteiger partial charge is 0.344 e. The molecule has 0 spiro atoms. The summed E-state index contributed by atoms with van der Waals surface area (Å²) >= 11 is 0. The third kappa shape index (κ3) is 3.38. The minimum Gasteiger partial charge on any atom is -0.488 e. The van der Waals surface area contributed by atoms with E-state index in [0.29, 0.717) is 30.6 Å². The Kier molecular flexibility index (Phi) is 4.61. The largest absolute Gasteiger partial charge is 0.488 e. The topological polar surface area (TPSA) is 82.3 Å². The van der Waals surface area contributed by atoms with Gasteiger partial charge in [0.2, 0.25) is 0 Å². The Labute approximate surface area is 174 Å². The van der Waals surface area contributed by atoms with E-state index >= 15 is 0 Å². The first-order valence-electron chi connectivity index (χ1n) is 10.2. The molecule has 1 saturated carbocycles. The summed E-state index contributed by atoms with van der Waals surface area (Å²) in [5.41, 5.74) is 1.24. The number of Topliss-reactive ketones (excluding diaryl/α,β-unsaturated/α-hetero) is 1. The monoisotopic (exact) mass is 405 g/mol. The van der Waals surface area contributed by atoms with Gasteiger partial charge in [0, 0.05) is 38.6 Å². The number of carbonyl (C=O) groups excluding carboxylic acids is 2. The average Bonchev–Trinajstić information content (AvgIpc) is 3.50. The van der Waals surface area contributed by atoms with Gasteiger partial charge in [-0.2, -0.15) is 14.9 Å². The molecule has 1 saturated heterocycles. The molecule has 0 bridgehead atoms. The maximum Gasteiger partial charge on any atom is 0.344 e. The van der Waals surface area contributed by atoms with Crippen molar-refractivity contribution in [3.63, 3.8) is 0 Å². The van der Waals surface area contributed by atoms with Crippen LogP contribution in [0.15, 0.2) is 55.0 Å². The lowest BCUT2D eigenvalue weighted by Crippen LogP contribution is -2.34. The SMILES string of the molecule is CC(=O)c1ccn(C(=O)N2C[C@H]3C[C@H](Oc4ccccc4-n4cccn4)C[C@H]3C2)n1. The number of carbonyl (C=O) groups is 2. The fraction of sp³-hybridized carbons (Fsp3) is 0.364. The van der Waals surface area contributed by atoms with Gasteiger partial charge in [-0.3, -0.25) is 4.79 Å². The number of amides is 1. The third-order valence-corrected chi connectivity index (χ3v) is 6.03. The second-order valence-electron chi connectivity index (χ2n) is 8.04. The van der Waals surface area contributed by atoms with Crippen LogP contribution in [-0.2, 0) is 0 Å². The summed E-state index contributed by atoms with van der Waals surface area (Å²) in [6.45, 7) is 2.83. The van der Waals surface area contributed by atoms with Gasteiger partial charge in [-0.05, 0) is 48.9 Å². The summed E-state index contributed by atoms with van der Waals surface area (Å²) in [5, 5.41) is 8.41. The van der Waals surface area contributed by atoms with Crippen molar-refractivity contribution >= 4 is 11.8 Å². The Bertz CT molecular complexity index is 1060. The first-order chi connectivity index (χ1) is 14.6. The minimum atomic E-state index is -0.168. The zero-order chi connectivity index (χ0) is 20.7. The van der Waals surface area contributed by atoms with Gasteiger partial charge >= 0.3 is 6.03 Å². The fourth-order valence-electron chi connectivity index (χ4n) is 4.60. The van der Waals surface area contributed by atoms with Crippen molar-refractivity contribution in [2.24, 2.45) is 11.8 Å². The zero-order valence-corrected chi connectivity index (χ0v) is 16.7. The molecule has 3 aromatic rings. The number of ketones is 1. The fourth-order valence-corrected chi connectivity index (χ4v) is 4.60. The first-order valence-corrected chi connectivity index (χ1v) is 10.2. The number of para-hydroxylation sites is 2. The maximum atomic E-state index is 12.7. The van der Waals surface area contributed by atoms with E-state index in [4.69, 9.17) is 4.74 Å². The first kappa shape index (κ1) is 18.6. The van der Waals surface area contributed by atoms with Crippen LogP contribution in [-0.4, -0.2) is 55.5 Å². The molecule has 3 heterocycles. The van der Waals surface area contributed by atoms with Gasteiger partial charge in [0.05, 0.1) is 6.10 Å². The standard InChI is InChI=1S/C22H23N5O3/c1-15(28)19-7-10-27(24-19)22(29)25-13-16-11-18(12-17(16)14-25)30-21-6-3-2-5-20(21)26-9-4-8-23-26/h2-10,16-18H,11-14H2,1H3/t16-,17+,18+. The highest BCUT2D eigenvalue weighted by molar-refractivity contribution is 5.92. The molecular formula is C22H23N5O3. The molecular weight excluding hydrogens is 382 g/mol. The number of benzene rings is 1. The highest BCUT2D eigenvalue weighted by atomic mass is 16.5. The average molecular weight is 405 g/mol. The van der Waals surface area contributed by atoms with Crippen molar-refractivity contribution in [3.05, 3.63) is 60.7 Å². The zero-order valence-electron chi connectivity index (χ0n) is 16.7. The number of rotatable bonds is 4. The number of hydrogen-bond donors (Lipinski definition) is 0. The predicted molar refractivity (Wildman–Crippen MR) is 109 cm³/mol. The van der Waals surface area contributed by atoms with Crippen LogP contribution >= 0.6 is 0 Å². The van der Waals surface area contributed by atoms with E-state index in [-0.39, 0.29) is 17.9 Å². The number of hydrogen-bond acceptors (Lipinski definition) is 5. The van der Waals surface area contributed by atoms with Crippen molar-refractivity contribution in [1.82, 2.24) is 24.5 Å². The van der Waals surface area contributed by atoms with Crippen molar-refractivity contribution in [3.8, 4) is 11.4 Å². The van der Waals surface area contributed by atoms with Gasteiger partial charge in [0.1, 0.15) is 17.1 Å². The second-order valence-corrected chi connectivity index (χ2v) is 8.04. The van der Waals surface area contributed by atoms with Crippen molar-refractivity contribution < 1.29 is 14.3 Å². The molecule has 0 radical (unpaired) electrons. The van der Waals surface area contributed by atoms with Gasteiger partial charge in [-0.15, -0.1) is 0 Å². The van der Waals surface area contributed by atoms with E-state index in [9.17, 15) is 9.59 Å². The summed E-state index contributed by atoms with van der Waals surface area (Å²) in [4.78, 5) is 26.0. The Morgan fingerprint density at radius 1 is 1.03 bits per heavy atom. The van der Waals surface area contributed by atoms with Crippen molar-refractivity contribution in [2.45, 2.75) is 25.9 Å². The predicted octanol–water partition coefficient (Wildman–Crippen LogP) is 3.03. The van der Waals surface area contributed by atoms with Crippen LogP contribution in [0.5, 0.6) is 5.75 Å². The molecule has 2 aliphatic rings. The normalized spacial score (nSPS) is 22.8.